The van der Waals surface area contributed by atoms with Crippen LogP contribution in [-0.4, -0.2) is 32.0 Å². The van der Waals surface area contributed by atoms with E-state index in [2.05, 4.69) is 5.32 Å². The average Bonchev–Trinajstić information content (AvgIpc) is 2.27. The quantitative estimate of drug-likeness (QED) is 0.769. The van der Waals surface area contributed by atoms with Gasteiger partial charge in [-0.25, -0.2) is 4.39 Å². The number of aliphatic hydroxyl groups is 1. The van der Waals surface area contributed by atoms with Crippen LogP contribution in [0.2, 0.25) is 0 Å². The van der Waals surface area contributed by atoms with Gasteiger partial charge in [-0.2, -0.15) is 0 Å². The van der Waals surface area contributed by atoms with Gasteiger partial charge in [0.05, 0.1) is 18.8 Å². The van der Waals surface area contributed by atoms with Gasteiger partial charge in [0.2, 0.25) is 0 Å². The molecule has 0 heterocycles. The molecule has 2 atom stereocenters. The monoisotopic (exact) mass is 213 g/mol. The Bertz CT molecular complexity index is 302. The molecule has 2 N–H and O–H groups in total. The normalized spacial score (nSPS) is 14.9. The topological polar surface area (TPSA) is 41.5 Å². The molecule has 0 aliphatic heterocycles. The van der Waals surface area contributed by atoms with Crippen molar-refractivity contribution in [3.8, 4) is 0 Å². The first-order valence-corrected chi connectivity index (χ1v) is 4.80. The van der Waals surface area contributed by atoms with Crippen LogP contribution in [0.4, 0.5) is 4.39 Å². The van der Waals surface area contributed by atoms with Gasteiger partial charge in [-0.15, -0.1) is 0 Å². The molecule has 84 valence electrons. The number of hydrogen-bond acceptors (Lipinski definition) is 3. The van der Waals surface area contributed by atoms with Gasteiger partial charge >= 0.3 is 0 Å². The summed E-state index contributed by atoms with van der Waals surface area (Å²) in [6.07, 6.45) is -0.452. The van der Waals surface area contributed by atoms with E-state index in [0.29, 0.717) is 5.56 Å². The van der Waals surface area contributed by atoms with Crippen LogP contribution < -0.4 is 5.32 Å². The second-order valence-corrected chi connectivity index (χ2v) is 3.24. The molecule has 0 radical (unpaired) electrons. The molecule has 0 spiro atoms. The maximum Gasteiger partial charge on any atom is 0.128 e. The van der Waals surface area contributed by atoms with Crippen molar-refractivity contribution in [1.82, 2.24) is 5.32 Å². The summed E-state index contributed by atoms with van der Waals surface area (Å²) in [5, 5.41) is 12.0. The lowest BCUT2D eigenvalue weighted by molar-refractivity contribution is 0.0224. The largest absolute Gasteiger partial charge is 0.394 e. The van der Waals surface area contributed by atoms with Crippen molar-refractivity contribution < 1.29 is 14.2 Å². The number of likely N-dealkylation sites (N-methyl/N-ethyl adjacent to an activating group) is 1. The fourth-order valence-corrected chi connectivity index (χ4v) is 1.59. The van der Waals surface area contributed by atoms with Crippen LogP contribution in [0.1, 0.15) is 11.6 Å². The summed E-state index contributed by atoms with van der Waals surface area (Å²) in [6, 6.07) is 6.11. The van der Waals surface area contributed by atoms with Crippen LogP contribution in [0.25, 0.3) is 0 Å². The maximum absolute atomic E-state index is 13.5. The van der Waals surface area contributed by atoms with E-state index in [1.54, 1.807) is 25.2 Å². The molecule has 2 unspecified atom stereocenters. The maximum atomic E-state index is 13.5. The predicted molar refractivity (Wildman–Crippen MR) is 56.1 cm³/mol. The Morgan fingerprint density at radius 1 is 1.47 bits per heavy atom. The predicted octanol–water partition coefficient (Wildman–Crippen LogP) is 1.09. The number of ether oxygens (including phenoxy) is 1. The van der Waals surface area contributed by atoms with Crippen LogP contribution >= 0.6 is 0 Å². The van der Waals surface area contributed by atoms with E-state index >= 15 is 0 Å². The number of aliphatic hydroxyl groups excluding tert-OH is 1. The van der Waals surface area contributed by atoms with Gasteiger partial charge in [-0.3, -0.25) is 0 Å². The molecular formula is C11H16FNO2. The molecule has 15 heavy (non-hydrogen) atoms. The van der Waals surface area contributed by atoms with Gasteiger partial charge in [0.15, 0.2) is 0 Å². The second-order valence-electron chi connectivity index (χ2n) is 3.24. The summed E-state index contributed by atoms with van der Waals surface area (Å²) in [4.78, 5) is 0. The van der Waals surface area contributed by atoms with Gasteiger partial charge in [-0.1, -0.05) is 18.2 Å². The SMILES string of the molecule is CNC(c1ccccc1F)C(CO)OC. The standard InChI is InChI=1S/C11H16FNO2/c1-13-11(10(7-14)15-2)8-5-3-4-6-9(8)12/h3-6,10-11,13-14H,7H2,1-2H3. The number of rotatable bonds is 5. The van der Waals surface area contributed by atoms with E-state index in [1.165, 1.54) is 13.2 Å². The Morgan fingerprint density at radius 3 is 2.60 bits per heavy atom. The van der Waals surface area contributed by atoms with E-state index in [-0.39, 0.29) is 18.5 Å². The lowest BCUT2D eigenvalue weighted by Gasteiger charge is -2.24. The molecule has 0 aromatic heterocycles. The van der Waals surface area contributed by atoms with Crippen LogP contribution in [0.3, 0.4) is 0 Å². The number of halogens is 1. The van der Waals surface area contributed by atoms with E-state index in [9.17, 15) is 4.39 Å². The van der Waals surface area contributed by atoms with Crippen LogP contribution in [0, 0.1) is 5.82 Å². The van der Waals surface area contributed by atoms with Crippen molar-refractivity contribution in [1.29, 1.82) is 0 Å². The molecule has 0 fully saturated rings. The smallest absolute Gasteiger partial charge is 0.128 e. The first-order chi connectivity index (χ1) is 7.24. The Morgan fingerprint density at radius 2 is 2.13 bits per heavy atom. The first kappa shape index (κ1) is 12.1. The number of nitrogens with one attached hydrogen (secondary N) is 1. The van der Waals surface area contributed by atoms with Gasteiger partial charge in [0.1, 0.15) is 5.82 Å². The highest BCUT2D eigenvalue weighted by Gasteiger charge is 2.22. The van der Waals surface area contributed by atoms with Crippen molar-refractivity contribution in [2.24, 2.45) is 0 Å². The third-order valence-corrected chi connectivity index (χ3v) is 2.41. The lowest BCUT2D eigenvalue weighted by atomic mass is 10.0. The summed E-state index contributed by atoms with van der Waals surface area (Å²) < 4.78 is 18.6. The third-order valence-electron chi connectivity index (χ3n) is 2.41. The van der Waals surface area contributed by atoms with Gasteiger partial charge in [-0.05, 0) is 13.1 Å². The highest BCUT2D eigenvalue weighted by atomic mass is 19.1. The highest BCUT2D eigenvalue weighted by Crippen LogP contribution is 2.21. The Balaban J connectivity index is 2.96. The third kappa shape index (κ3) is 2.75. The van der Waals surface area contributed by atoms with Gasteiger partial charge in [0.25, 0.3) is 0 Å². The number of benzene rings is 1. The molecule has 0 saturated heterocycles. The van der Waals surface area contributed by atoms with E-state index in [1.807, 2.05) is 0 Å². The molecular weight excluding hydrogens is 197 g/mol. The Labute approximate surface area is 88.9 Å². The molecule has 0 saturated carbocycles. The van der Waals surface area contributed by atoms with Crippen LogP contribution in [-0.2, 0) is 4.74 Å². The summed E-state index contributed by atoms with van der Waals surface area (Å²) in [5.41, 5.74) is 0.501. The van der Waals surface area contributed by atoms with E-state index in [4.69, 9.17) is 9.84 Å². The van der Waals surface area contributed by atoms with Crippen molar-refractivity contribution in [2.45, 2.75) is 12.1 Å². The zero-order chi connectivity index (χ0) is 11.3. The lowest BCUT2D eigenvalue weighted by Crippen LogP contribution is -2.34. The molecule has 0 aliphatic rings. The van der Waals surface area contributed by atoms with Crippen molar-refractivity contribution >= 4 is 0 Å². The minimum Gasteiger partial charge on any atom is -0.394 e. The molecule has 1 rings (SSSR count). The minimum atomic E-state index is -0.452. The fraction of sp³-hybridized carbons (Fsp3) is 0.455. The molecule has 4 heteroatoms. The fourth-order valence-electron chi connectivity index (χ4n) is 1.59. The van der Waals surface area contributed by atoms with Gasteiger partial charge in [0, 0.05) is 12.7 Å². The van der Waals surface area contributed by atoms with Crippen molar-refractivity contribution in [2.75, 3.05) is 20.8 Å². The molecule has 0 aliphatic carbocycles. The van der Waals surface area contributed by atoms with Crippen LogP contribution in [0.5, 0.6) is 0 Å². The zero-order valence-corrected chi connectivity index (χ0v) is 8.90. The number of hydrogen-bond donors (Lipinski definition) is 2. The molecule has 1 aromatic carbocycles. The summed E-state index contributed by atoms with van der Waals surface area (Å²) in [5.74, 6) is -0.299. The van der Waals surface area contributed by atoms with E-state index < -0.39 is 6.10 Å². The molecule has 1 aromatic rings. The summed E-state index contributed by atoms with van der Waals surface area (Å²) in [6.45, 7) is -0.156. The molecule has 0 amide bonds. The average molecular weight is 213 g/mol. The Hall–Kier alpha value is -0.970. The van der Waals surface area contributed by atoms with Crippen molar-refractivity contribution in [3.05, 3.63) is 35.6 Å². The molecule has 3 nitrogen and oxygen atoms in total. The summed E-state index contributed by atoms with van der Waals surface area (Å²) in [7, 11) is 3.20. The number of methoxy groups -OCH3 is 1. The highest BCUT2D eigenvalue weighted by molar-refractivity contribution is 5.22. The zero-order valence-electron chi connectivity index (χ0n) is 8.90. The first-order valence-electron chi connectivity index (χ1n) is 4.80. The Kier molecular flexibility index (Phi) is 4.68. The van der Waals surface area contributed by atoms with E-state index in [0.717, 1.165) is 0 Å². The minimum absolute atomic E-state index is 0.156. The van der Waals surface area contributed by atoms with Crippen LogP contribution in [0.15, 0.2) is 24.3 Å². The second kappa shape index (κ2) is 5.80. The van der Waals surface area contributed by atoms with Gasteiger partial charge < -0.3 is 15.2 Å². The molecule has 0 bridgehead atoms. The van der Waals surface area contributed by atoms with Crippen molar-refractivity contribution in [3.63, 3.8) is 0 Å². The summed E-state index contributed by atoms with van der Waals surface area (Å²) >= 11 is 0.